The number of rotatable bonds is 3. The third-order valence-corrected chi connectivity index (χ3v) is 4.55. The summed E-state index contributed by atoms with van der Waals surface area (Å²) >= 11 is 2.21. The molecule has 0 aromatic heterocycles. The summed E-state index contributed by atoms with van der Waals surface area (Å²) in [6, 6.07) is 7.71. The number of benzene rings is 1. The van der Waals surface area contributed by atoms with Gasteiger partial charge in [-0.25, -0.2) is 0 Å². The molecule has 0 unspecified atom stereocenters. The fourth-order valence-corrected chi connectivity index (χ4v) is 3.07. The van der Waals surface area contributed by atoms with Crippen LogP contribution in [0.25, 0.3) is 0 Å². The number of hydrogen-bond acceptors (Lipinski definition) is 1. The van der Waals surface area contributed by atoms with E-state index < -0.39 is 0 Å². The van der Waals surface area contributed by atoms with Crippen LogP contribution in [0.1, 0.15) is 43.0 Å². The van der Waals surface area contributed by atoms with Crippen LogP contribution in [0, 0.1) is 8.99 Å². The minimum absolute atomic E-state index is 0.0584. The van der Waals surface area contributed by atoms with Crippen LogP contribution in [-0.2, 0) is 0 Å². The zero-order chi connectivity index (χ0) is 12.3. The van der Waals surface area contributed by atoms with E-state index in [9.17, 15) is 4.79 Å². The third kappa shape index (κ3) is 3.21. The number of carbonyl (C=O) groups is 1. The molecule has 0 aliphatic heterocycles. The SMILES string of the molecule is CC1(CNC(=O)c2ccccc2I)CCCC1. The van der Waals surface area contributed by atoms with Crippen molar-refractivity contribution in [3.8, 4) is 0 Å². The van der Waals surface area contributed by atoms with Gasteiger partial charge in [0.15, 0.2) is 0 Å². The van der Waals surface area contributed by atoms with Gasteiger partial charge in [-0.2, -0.15) is 0 Å². The Morgan fingerprint density at radius 3 is 2.65 bits per heavy atom. The highest BCUT2D eigenvalue weighted by Crippen LogP contribution is 2.36. The maximum Gasteiger partial charge on any atom is 0.252 e. The second kappa shape index (κ2) is 5.38. The lowest BCUT2D eigenvalue weighted by atomic mass is 9.89. The molecule has 0 spiro atoms. The molecule has 92 valence electrons. The van der Waals surface area contributed by atoms with E-state index >= 15 is 0 Å². The Balaban J connectivity index is 1.96. The highest BCUT2D eigenvalue weighted by atomic mass is 127. The lowest BCUT2D eigenvalue weighted by Crippen LogP contribution is -2.34. The van der Waals surface area contributed by atoms with E-state index in [0.717, 1.165) is 15.7 Å². The maximum absolute atomic E-state index is 12.0. The Hall–Kier alpha value is -0.580. The minimum Gasteiger partial charge on any atom is -0.351 e. The monoisotopic (exact) mass is 343 g/mol. The standard InChI is InChI=1S/C14H18INO/c1-14(8-4-5-9-14)10-16-13(17)11-6-2-3-7-12(11)15/h2-3,6-7H,4-5,8-10H2,1H3,(H,16,17). The Labute approximate surface area is 116 Å². The Bertz CT molecular complexity index is 410. The lowest BCUT2D eigenvalue weighted by Gasteiger charge is -2.23. The van der Waals surface area contributed by atoms with Gasteiger partial charge in [0.2, 0.25) is 0 Å². The van der Waals surface area contributed by atoms with Gasteiger partial charge in [-0.05, 0) is 53.0 Å². The van der Waals surface area contributed by atoms with Crippen molar-refractivity contribution >= 4 is 28.5 Å². The topological polar surface area (TPSA) is 29.1 Å². The van der Waals surface area contributed by atoms with Gasteiger partial charge in [0, 0.05) is 10.1 Å². The molecule has 0 radical (unpaired) electrons. The molecule has 0 atom stereocenters. The van der Waals surface area contributed by atoms with Crippen molar-refractivity contribution in [3.05, 3.63) is 33.4 Å². The molecule has 1 aromatic carbocycles. The fourth-order valence-electron chi connectivity index (χ4n) is 2.44. The third-order valence-electron chi connectivity index (χ3n) is 3.60. The molecule has 1 saturated carbocycles. The molecule has 1 aliphatic carbocycles. The molecule has 0 saturated heterocycles. The summed E-state index contributed by atoms with van der Waals surface area (Å²) in [5.41, 5.74) is 1.10. The second-order valence-corrected chi connectivity index (χ2v) is 6.34. The average molecular weight is 343 g/mol. The largest absolute Gasteiger partial charge is 0.351 e. The van der Waals surface area contributed by atoms with Gasteiger partial charge in [-0.3, -0.25) is 4.79 Å². The van der Waals surface area contributed by atoms with E-state index in [1.54, 1.807) is 0 Å². The molecule has 1 aromatic rings. The van der Waals surface area contributed by atoms with Gasteiger partial charge in [0.05, 0.1) is 5.56 Å². The fraction of sp³-hybridized carbons (Fsp3) is 0.500. The van der Waals surface area contributed by atoms with Crippen LogP contribution in [0.5, 0.6) is 0 Å². The number of halogens is 1. The molecule has 2 rings (SSSR count). The summed E-state index contributed by atoms with van der Waals surface area (Å²) in [7, 11) is 0. The molecule has 17 heavy (non-hydrogen) atoms. The number of carbonyl (C=O) groups excluding carboxylic acids is 1. The van der Waals surface area contributed by atoms with E-state index in [4.69, 9.17) is 0 Å². The molecule has 1 aliphatic rings. The van der Waals surface area contributed by atoms with Crippen molar-refractivity contribution in [3.63, 3.8) is 0 Å². The molecule has 0 heterocycles. The highest BCUT2D eigenvalue weighted by Gasteiger charge is 2.29. The maximum atomic E-state index is 12.0. The summed E-state index contributed by atoms with van der Waals surface area (Å²) in [6.45, 7) is 3.08. The summed E-state index contributed by atoms with van der Waals surface area (Å²) in [6.07, 6.45) is 5.07. The first-order chi connectivity index (χ1) is 8.11. The van der Waals surface area contributed by atoms with Gasteiger partial charge in [-0.1, -0.05) is 31.9 Å². The van der Waals surface area contributed by atoms with Crippen LogP contribution in [0.2, 0.25) is 0 Å². The first kappa shape index (κ1) is 12.9. The molecule has 2 nitrogen and oxygen atoms in total. The number of hydrogen-bond donors (Lipinski definition) is 1. The molecular formula is C14H18INO. The van der Waals surface area contributed by atoms with Gasteiger partial charge >= 0.3 is 0 Å². The van der Waals surface area contributed by atoms with E-state index in [1.165, 1.54) is 25.7 Å². The second-order valence-electron chi connectivity index (χ2n) is 5.18. The quantitative estimate of drug-likeness (QED) is 0.835. The number of nitrogens with one attached hydrogen (secondary N) is 1. The Morgan fingerprint density at radius 1 is 1.35 bits per heavy atom. The molecule has 1 amide bonds. The van der Waals surface area contributed by atoms with Crippen molar-refractivity contribution in [2.24, 2.45) is 5.41 Å². The average Bonchev–Trinajstić information content (AvgIpc) is 2.74. The van der Waals surface area contributed by atoms with Crippen LogP contribution >= 0.6 is 22.6 Å². The number of amides is 1. The predicted octanol–water partition coefficient (Wildman–Crippen LogP) is 3.60. The van der Waals surface area contributed by atoms with Crippen molar-refractivity contribution in [1.29, 1.82) is 0 Å². The van der Waals surface area contributed by atoms with Gasteiger partial charge in [-0.15, -0.1) is 0 Å². The van der Waals surface area contributed by atoms with Gasteiger partial charge in [0.1, 0.15) is 0 Å². The minimum atomic E-state index is 0.0584. The molecular weight excluding hydrogens is 325 g/mol. The molecule has 3 heteroatoms. The Morgan fingerprint density at radius 2 is 2.00 bits per heavy atom. The van der Waals surface area contributed by atoms with Crippen molar-refractivity contribution in [1.82, 2.24) is 5.32 Å². The zero-order valence-corrected chi connectivity index (χ0v) is 12.3. The van der Waals surface area contributed by atoms with E-state index in [-0.39, 0.29) is 5.91 Å². The van der Waals surface area contributed by atoms with Crippen LogP contribution in [0.15, 0.2) is 24.3 Å². The van der Waals surface area contributed by atoms with Crippen LogP contribution in [-0.4, -0.2) is 12.5 Å². The molecule has 1 N–H and O–H groups in total. The molecule has 1 fully saturated rings. The van der Waals surface area contributed by atoms with Gasteiger partial charge < -0.3 is 5.32 Å². The zero-order valence-electron chi connectivity index (χ0n) is 10.1. The summed E-state index contributed by atoms with van der Waals surface area (Å²) in [5, 5.41) is 3.08. The van der Waals surface area contributed by atoms with Crippen LogP contribution < -0.4 is 5.32 Å². The van der Waals surface area contributed by atoms with Crippen LogP contribution in [0.4, 0.5) is 0 Å². The first-order valence-electron chi connectivity index (χ1n) is 6.13. The van der Waals surface area contributed by atoms with Crippen molar-refractivity contribution in [2.45, 2.75) is 32.6 Å². The van der Waals surface area contributed by atoms with E-state index in [0.29, 0.717) is 5.41 Å². The van der Waals surface area contributed by atoms with Crippen molar-refractivity contribution < 1.29 is 4.79 Å². The highest BCUT2D eigenvalue weighted by molar-refractivity contribution is 14.1. The van der Waals surface area contributed by atoms with Gasteiger partial charge in [0.25, 0.3) is 5.91 Å². The molecule has 0 bridgehead atoms. The summed E-state index contributed by atoms with van der Waals surface area (Å²) in [4.78, 5) is 12.0. The predicted molar refractivity (Wildman–Crippen MR) is 78.1 cm³/mol. The van der Waals surface area contributed by atoms with Crippen molar-refractivity contribution in [2.75, 3.05) is 6.54 Å². The van der Waals surface area contributed by atoms with E-state index in [2.05, 4.69) is 34.8 Å². The summed E-state index contributed by atoms with van der Waals surface area (Å²) in [5.74, 6) is 0.0584. The summed E-state index contributed by atoms with van der Waals surface area (Å²) < 4.78 is 1.01. The van der Waals surface area contributed by atoms with E-state index in [1.807, 2.05) is 24.3 Å². The Kier molecular flexibility index (Phi) is 4.07. The normalized spacial score (nSPS) is 18.0. The van der Waals surface area contributed by atoms with Crippen LogP contribution in [0.3, 0.4) is 0 Å². The first-order valence-corrected chi connectivity index (χ1v) is 7.21. The lowest BCUT2D eigenvalue weighted by molar-refractivity contribution is 0.0933. The smallest absolute Gasteiger partial charge is 0.252 e.